The molecule has 0 aromatic carbocycles. The van der Waals surface area contributed by atoms with E-state index in [-0.39, 0.29) is 13.0 Å². The smallest absolute Gasteiger partial charge is 0.208 e. The van der Waals surface area contributed by atoms with E-state index in [1.165, 1.54) is 14.2 Å². The van der Waals surface area contributed by atoms with Gasteiger partial charge in [0.2, 0.25) is 10.0 Å². The van der Waals surface area contributed by atoms with Crippen LogP contribution in [0.3, 0.4) is 0 Å². The van der Waals surface area contributed by atoms with Crippen molar-refractivity contribution < 1.29 is 33.2 Å². The van der Waals surface area contributed by atoms with Gasteiger partial charge in [-0.2, -0.15) is 0 Å². The van der Waals surface area contributed by atoms with E-state index in [0.29, 0.717) is 0 Å². The van der Waals surface area contributed by atoms with E-state index < -0.39 is 34.6 Å². The van der Waals surface area contributed by atoms with Gasteiger partial charge in [0.25, 0.3) is 0 Å². The molecule has 1 aliphatic heterocycles. The van der Waals surface area contributed by atoms with E-state index in [0.717, 1.165) is 6.26 Å². The van der Waals surface area contributed by atoms with Crippen LogP contribution in [-0.4, -0.2) is 75.4 Å². The van der Waals surface area contributed by atoms with Gasteiger partial charge < -0.3 is 24.8 Å². The summed E-state index contributed by atoms with van der Waals surface area (Å²) in [6.07, 6.45) is -1.87. The molecular formula is C11H27NO7S. The summed E-state index contributed by atoms with van der Waals surface area (Å²) in [5.74, 6) is 0. The zero-order chi connectivity index (χ0) is 16.3. The third kappa shape index (κ3) is 9.59. The van der Waals surface area contributed by atoms with Crippen LogP contribution < -0.4 is 4.72 Å². The number of methoxy groups -OCH3 is 1. The number of nitrogens with one attached hydrogen (secondary N) is 1. The lowest BCUT2D eigenvalue weighted by Crippen LogP contribution is -2.50. The molecule has 0 amide bonds. The Kier molecular flexibility index (Phi) is 12.5. The van der Waals surface area contributed by atoms with E-state index in [9.17, 15) is 18.6 Å². The normalized spacial score (nSPS) is 29.6. The van der Waals surface area contributed by atoms with Crippen LogP contribution in [0.1, 0.15) is 20.3 Å². The standard InChI is InChI=1S/C7H14O5.C2H7NO2S.C2H6/c1-11-6-2-4(9)7(10)5(3-8)12-6;1-3-6(2,4)5;1-2/h4-10H,2-3H2,1H3;3H,1-2H3;1-2H3. The molecule has 0 saturated carbocycles. The van der Waals surface area contributed by atoms with Gasteiger partial charge >= 0.3 is 0 Å². The van der Waals surface area contributed by atoms with Crippen molar-refractivity contribution in [2.75, 3.05) is 27.0 Å². The molecule has 1 heterocycles. The van der Waals surface area contributed by atoms with Gasteiger partial charge in [-0.1, -0.05) is 13.8 Å². The highest BCUT2D eigenvalue weighted by Crippen LogP contribution is 2.20. The van der Waals surface area contributed by atoms with Crippen LogP contribution in [0.4, 0.5) is 0 Å². The minimum atomic E-state index is -2.91. The van der Waals surface area contributed by atoms with Gasteiger partial charge in [-0.3, -0.25) is 0 Å². The molecular weight excluding hydrogens is 290 g/mol. The zero-order valence-corrected chi connectivity index (χ0v) is 13.4. The van der Waals surface area contributed by atoms with Gasteiger partial charge in [0.1, 0.15) is 12.2 Å². The van der Waals surface area contributed by atoms with Crippen LogP contribution in [0, 0.1) is 0 Å². The van der Waals surface area contributed by atoms with Crippen molar-refractivity contribution >= 4 is 10.0 Å². The summed E-state index contributed by atoms with van der Waals surface area (Å²) in [5.41, 5.74) is 0. The van der Waals surface area contributed by atoms with Gasteiger partial charge in [0.05, 0.1) is 19.0 Å². The molecule has 1 saturated heterocycles. The van der Waals surface area contributed by atoms with Crippen LogP contribution in [0.15, 0.2) is 0 Å². The first-order chi connectivity index (χ1) is 9.25. The van der Waals surface area contributed by atoms with Gasteiger partial charge in [-0.25, -0.2) is 13.1 Å². The quantitative estimate of drug-likeness (QED) is 0.507. The summed E-state index contributed by atoms with van der Waals surface area (Å²) >= 11 is 0. The molecule has 0 aliphatic carbocycles. The second-order valence-corrected chi connectivity index (χ2v) is 5.74. The molecule has 1 rings (SSSR count). The highest BCUT2D eigenvalue weighted by Gasteiger charge is 2.36. The predicted molar refractivity (Wildman–Crippen MR) is 74.6 cm³/mol. The molecule has 0 spiro atoms. The molecule has 0 radical (unpaired) electrons. The monoisotopic (exact) mass is 317 g/mol. The Hall–Kier alpha value is -0.290. The minimum absolute atomic E-state index is 0.230. The molecule has 4 atom stereocenters. The van der Waals surface area contributed by atoms with Gasteiger partial charge in [-0.05, 0) is 7.05 Å². The lowest BCUT2D eigenvalue weighted by atomic mass is 10.0. The third-order valence-corrected chi connectivity index (χ3v) is 3.09. The van der Waals surface area contributed by atoms with E-state index in [4.69, 9.17) is 14.6 Å². The van der Waals surface area contributed by atoms with Gasteiger partial charge in [0.15, 0.2) is 6.29 Å². The molecule has 0 bridgehead atoms. The van der Waals surface area contributed by atoms with Crippen LogP contribution in [0.25, 0.3) is 0 Å². The summed E-state index contributed by atoms with van der Waals surface area (Å²) in [4.78, 5) is 0. The average molecular weight is 317 g/mol. The summed E-state index contributed by atoms with van der Waals surface area (Å²) in [6.45, 7) is 3.68. The third-order valence-electron chi connectivity index (χ3n) is 2.35. The molecule has 1 fully saturated rings. The van der Waals surface area contributed by atoms with Gasteiger partial charge in [0, 0.05) is 13.5 Å². The maximum Gasteiger partial charge on any atom is 0.208 e. The fourth-order valence-corrected chi connectivity index (χ4v) is 1.22. The first kappa shape index (κ1) is 22.0. The SMILES string of the molecule is CC.CNS(C)(=O)=O.COC1CC(O)C(O)C(CO)O1. The van der Waals surface area contributed by atoms with Gasteiger partial charge in [-0.15, -0.1) is 0 Å². The Bertz CT molecular complexity index is 323. The topological polar surface area (TPSA) is 125 Å². The number of rotatable bonds is 3. The molecule has 124 valence electrons. The van der Waals surface area contributed by atoms with E-state index in [1.807, 2.05) is 13.8 Å². The molecule has 0 aromatic rings. The largest absolute Gasteiger partial charge is 0.394 e. The fraction of sp³-hybridized carbons (Fsp3) is 1.00. The fourth-order valence-electron chi connectivity index (χ4n) is 1.22. The molecule has 20 heavy (non-hydrogen) atoms. The summed E-state index contributed by atoms with van der Waals surface area (Å²) in [6, 6.07) is 0. The van der Waals surface area contributed by atoms with Crippen LogP contribution >= 0.6 is 0 Å². The number of aliphatic hydroxyl groups is 3. The second-order valence-electron chi connectivity index (χ2n) is 3.79. The number of hydrogen-bond donors (Lipinski definition) is 4. The van der Waals surface area contributed by atoms with E-state index in [1.54, 1.807) is 0 Å². The zero-order valence-electron chi connectivity index (χ0n) is 12.6. The Morgan fingerprint density at radius 3 is 2.10 bits per heavy atom. The molecule has 0 aromatic heterocycles. The number of aliphatic hydroxyl groups excluding tert-OH is 3. The first-order valence-corrected chi connectivity index (χ1v) is 8.18. The average Bonchev–Trinajstić information content (AvgIpc) is 2.43. The predicted octanol–water partition coefficient (Wildman–Crippen LogP) is -1.35. The molecule has 8 nitrogen and oxygen atoms in total. The second kappa shape index (κ2) is 11.4. The van der Waals surface area contributed by atoms with Crippen LogP contribution in [-0.2, 0) is 19.5 Å². The molecule has 9 heteroatoms. The van der Waals surface area contributed by atoms with Crippen molar-refractivity contribution in [2.24, 2.45) is 0 Å². The number of sulfonamides is 1. The first-order valence-electron chi connectivity index (χ1n) is 6.29. The lowest BCUT2D eigenvalue weighted by molar-refractivity contribution is -0.248. The minimum Gasteiger partial charge on any atom is -0.394 e. The van der Waals surface area contributed by atoms with Crippen molar-refractivity contribution in [3.05, 3.63) is 0 Å². The highest BCUT2D eigenvalue weighted by atomic mass is 32.2. The molecule has 1 aliphatic rings. The maximum atomic E-state index is 9.89. The summed E-state index contributed by atoms with van der Waals surface area (Å²) in [5, 5.41) is 27.3. The lowest BCUT2D eigenvalue weighted by Gasteiger charge is -2.35. The van der Waals surface area contributed by atoms with Crippen LogP contribution in [0.2, 0.25) is 0 Å². The Morgan fingerprint density at radius 2 is 1.80 bits per heavy atom. The van der Waals surface area contributed by atoms with Crippen molar-refractivity contribution in [1.82, 2.24) is 4.72 Å². The van der Waals surface area contributed by atoms with Crippen LogP contribution in [0.5, 0.6) is 0 Å². The molecule has 4 unspecified atom stereocenters. The van der Waals surface area contributed by atoms with Crippen molar-refractivity contribution in [3.63, 3.8) is 0 Å². The maximum absolute atomic E-state index is 9.89. The highest BCUT2D eigenvalue weighted by molar-refractivity contribution is 7.88. The molecule has 4 N–H and O–H groups in total. The summed E-state index contributed by atoms with van der Waals surface area (Å²) < 4.78 is 31.8. The van der Waals surface area contributed by atoms with Crippen molar-refractivity contribution in [1.29, 1.82) is 0 Å². The Labute approximate surface area is 120 Å². The van der Waals surface area contributed by atoms with Crippen molar-refractivity contribution in [3.8, 4) is 0 Å². The number of hydrogen-bond acceptors (Lipinski definition) is 7. The Balaban J connectivity index is 0. The Morgan fingerprint density at radius 1 is 1.35 bits per heavy atom. The number of ether oxygens (including phenoxy) is 2. The van der Waals surface area contributed by atoms with E-state index in [2.05, 4.69) is 4.72 Å². The summed E-state index contributed by atoms with van der Waals surface area (Å²) in [7, 11) is -0.0937. The van der Waals surface area contributed by atoms with E-state index >= 15 is 0 Å². The van der Waals surface area contributed by atoms with Crippen molar-refractivity contribution in [2.45, 2.75) is 44.9 Å².